The second-order valence-corrected chi connectivity index (χ2v) is 12.8. The first-order valence-corrected chi connectivity index (χ1v) is 14.8. The maximum Gasteiger partial charge on any atom is 0.253 e. The van der Waals surface area contributed by atoms with E-state index in [2.05, 4.69) is 47.2 Å². The van der Waals surface area contributed by atoms with Gasteiger partial charge in [-0.2, -0.15) is 0 Å². The molecule has 2 saturated heterocycles. The highest BCUT2D eigenvalue weighted by Gasteiger charge is 2.40. The number of nitrogens with one attached hydrogen (secondary N) is 1. The maximum atomic E-state index is 13.7. The summed E-state index contributed by atoms with van der Waals surface area (Å²) in [5.74, 6) is -0.0972. The van der Waals surface area contributed by atoms with E-state index in [1.165, 1.54) is 11.3 Å². The van der Waals surface area contributed by atoms with Crippen molar-refractivity contribution in [3.63, 3.8) is 0 Å². The summed E-state index contributed by atoms with van der Waals surface area (Å²) in [5, 5.41) is 3.63. The summed E-state index contributed by atoms with van der Waals surface area (Å²) in [6, 6.07) is 17.2. The van der Waals surface area contributed by atoms with E-state index in [0.717, 1.165) is 63.8 Å². The number of amides is 2. The molecule has 2 amide bonds. The molecule has 2 aliphatic heterocycles. The molecule has 3 heterocycles. The van der Waals surface area contributed by atoms with Gasteiger partial charge >= 0.3 is 0 Å². The Bertz CT molecular complexity index is 1400. The molecule has 7 heteroatoms. The van der Waals surface area contributed by atoms with E-state index in [1.54, 1.807) is 12.1 Å². The van der Waals surface area contributed by atoms with Crippen molar-refractivity contribution in [2.45, 2.75) is 57.4 Å². The van der Waals surface area contributed by atoms with Crippen LogP contribution in [0.4, 0.5) is 5.69 Å². The Labute approximate surface area is 241 Å². The summed E-state index contributed by atoms with van der Waals surface area (Å²) >= 11 is 6.29. The molecule has 6 rings (SSSR count). The van der Waals surface area contributed by atoms with Gasteiger partial charge in [-0.3, -0.25) is 14.6 Å². The van der Waals surface area contributed by atoms with Crippen LogP contribution < -0.4 is 10.2 Å². The number of carbonyl (C=O) groups is 2. The van der Waals surface area contributed by atoms with Gasteiger partial charge in [-0.25, -0.2) is 0 Å². The number of aromatic nitrogens is 1. The molecule has 1 atom stereocenters. The first-order chi connectivity index (χ1) is 19.2. The van der Waals surface area contributed by atoms with Crippen molar-refractivity contribution < 1.29 is 9.59 Å². The molecule has 1 N–H and O–H groups in total. The zero-order valence-electron chi connectivity index (χ0n) is 23.3. The van der Waals surface area contributed by atoms with Crippen molar-refractivity contribution in [2.75, 3.05) is 31.1 Å². The van der Waals surface area contributed by atoms with E-state index in [9.17, 15) is 9.59 Å². The summed E-state index contributed by atoms with van der Waals surface area (Å²) in [6.45, 7) is 8.09. The number of fused-ring (bicyclic) bond motifs is 1. The number of rotatable bonds is 4. The van der Waals surface area contributed by atoms with Crippen molar-refractivity contribution >= 4 is 29.1 Å². The standard InChI is InChI=1S/C33H37ClN4O2/c1-32(2)22-29(36-30(39)25-5-3-4-6-28(25)34)26-21-23(7-8-27(26)32)31(40)38-19-13-33(14-20-38)11-17-37(18-12-33)24-9-15-35-16-10-24/h3-10,15-16,21,29H,11-14,17-20,22H2,1-2H3,(H,36,39). The van der Waals surface area contributed by atoms with E-state index in [-0.39, 0.29) is 23.3 Å². The van der Waals surface area contributed by atoms with E-state index >= 15 is 0 Å². The van der Waals surface area contributed by atoms with Crippen molar-refractivity contribution in [3.8, 4) is 0 Å². The van der Waals surface area contributed by atoms with Gasteiger partial charge in [0.15, 0.2) is 0 Å². The highest BCUT2D eigenvalue weighted by molar-refractivity contribution is 6.33. The number of anilines is 1. The van der Waals surface area contributed by atoms with Crippen molar-refractivity contribution in [1.82, 2.24) is 15.2 Å². The monoisotopic (exact) mass is 556 g/mol. The molecule has 1 spiro atoms. The molecule has 6 nitrogen and oxygen atoms in total. The van der Waals surface area contributed by atoms with Gasteiger partial charge in [-0.15, -0.1) is 0 Å². The highest BCUT2D eigenvalue weighted by Crippen LogP contribution is 2.46. The van der Waals surface area contributed by atoms with Crippen LogP contribution in [0.2, 0.25) is 5.02 Å². The lowest BCUT2D eigenvalue weighted by Gasteiger charge is -2.47. The minimum atomic E-state index is -0.188. The quantitative estimate of drug-likeness (QED) is 0.403. The van der Waals surface area contributed by atoms with Crippen LogP contribution in [-0.4, -0.2) is 47.9 Å². The largest absolute Gasteiger partial charge is 0.371 e. The molecule has 1 unspecified atom stereocenters. The molecule has 1 aromatic heterocycles. The fraction of sp³-hybridized carbons (Fsp3) is 0.424. The van der Waals surface area contributed by atoms with E-state index in [1.807, 2.05) is 41.6 Å². The molecule has 0 bridgehead atoms. The minimum absolute atomic E-state index is 0.0905. The number of pyridine rings is 1. The number of nitrogens with zero attached hydrogens (tertiary/aromatic N) is 3. The highest BCUT2D eigenvalue weighted by atomic mass is 35.5. The van der Waals surface area contributed by atoms with Gasteiger partial charge in [0.1, 0.15) is 0 Å². The molecule has 2 fully saturated rings. The Morgan fingerprint density at radius 3 is 2.30 bits per heavy atom. The zero-order chi connectivity index (χ0) is 27.9. The average molecular weight is 557 g/mol. The zero-order valence-corrected chi connectivity index (χ0v) is 24.1. The van der Waals surface area contributed by atoms with Crippen LogP contribution in [0.25, 0.3) is 0 Å². The Morgan fingerprint density at radius 1 is 0.925 bits per heavy atom. The molecule has 40 heavy (non-hydrogen) atoms. The summed E-state index contributed by atoms with van der Waals surface area (Å²) in [5.41, 5.74) is 4.88. The molecule has 3 aliphatic rings. The fourth-order valence-electron chi connectivity index (χ4n) is 7.00. The van der Waals surface area contributed by atoms with Crippen LogP contribution in [0.5, 0.6) is 0 Å². The smallest absolute Gasteiger partial charge is 0.253 e. The number of benzene rings is 2. The number of hydrogen-bond acceptors (Lipinski definition) is 4. The third-order valence-corrected chi connectivity index (χ3v) is 9.83. The summed E-state index contributed by atoms with van der Waals surface area (Å²) in [7, 11) is 0. The lowest BCUT2D eigenvalue weighted by molar-refractivity contribution is 0.0515. The van der Waals surface area contributed by atoms with E-state index in [0.29, 0.717) is 21.6 Å². The molecule has 0 radical (unpaired) electrons. The summed E-state index contributed by atoms with van der Waals surface area (Å²) in [4.78, 5) is 35.4. The second-order valence-electron chi connectivity index (χ2n) is 12.4. The fourth-order valence-corrected chi connectivity index (χ4v) is 7.22. The lowest BCUT2D eigenvalue weighted by Crippen LogP contribution is -2.48. The third kappa shape index (κ3) is 5.10. The minimum Gasteiger partial charge on any atom is -0.371 e. The Hall–Kier alpha value is -3.38. The van der Waals surface area contributed by atoms with Gasteiger partial charge in [0.25, 0.3) is 11.8 Å². The van der Waals surface area contributed by atoms with E-state index < -0.39 is 0 Å². The number of likely N-dealkylation sites (tertiary alicyclic amines) is 1. The average Bonchev–Trinajstić information content (AvgIpc) is 3.22. The third-order valence-electron chi connectivity index (χ3n) is 9.50. The van der Waals surface area contributed by atoms with Crippen molar-refractivity contribution in [2.24, 2.45) is 5.41 Å². The van der Waals surface area contributed by atoms with Crippen LogP contribution in [0, 0.1) is 5.41 Å². The maximum absolute atomic E-state index is 13.7. The van der Waals surface area contributed by atoms with E-state index in [4.69, 9.17) is 11.6 Å². The summed E-state index contributed by atoms with van der Waals surface area (Å²) < 4.78 is 0. The van der Waals surface area contributed by atoms with Gasteiger partial charge < -0.3 is 15.1 Å². The SMILES string of the molecule is CC1(C)CC(NC(=O)c2ccccc2Cl)c2cc(C(=O)N3CCC4(CC3)CCN(c3ccncc3)CC4)ccc21. The Morgan fingerprint density at radius 2 is 1.60 bits per heavy atom. The van der Waals surface area contributed by atoms with Crippen molar-refractivity contribution in [3.05, 3.63) is 94.3 Å². The molecule has 0 saturated carbocycles. The summed E-state index contributed by atoms with van der Waals surface area (Å²) in [6.07, 6.45) is 8.93. The van der Waals surface area contributed by atoms with Crippen LogP contribution in [0.1, 0.15) is 83.8 Å². The number of halogens is 1. The molecular weight excluding hydrogens is 520 g/mol. The number of piperidine rings is 2. The molecule has 3 aromatic rings. The molecule has 2 aromatic carbocycles. The number of carbonyl (C=O) groups excluding carboxylic acids is 2. The van der Waals surface area contributed by atoms with Crippen LogP contribution in [0.15, 0.2) is 67.0 Å². The van der Waals surface area contributed by atoms with Gasteiger partial charge in [-0.05, 0) is 90.5 Å². The predicted molar refractivity (Wildman–Crippen MR) is 159 cm³/mol. The topological polar surface area (TPSA) is 65.5 Å². The molecule has 1 aliphatic carbocycles. The van der Waals surface area contributed by atoms with Crippen molar-refractivity contribution in [1.29, 1.82) is 0 Å². The van der Waals surface area contributed by atoms with Crippen LogP contribution >= 0.6 is 11.6 Å². The van der Waals surface area contributed by atoms with Crippen LogP contribution in [-0.2, 0) is 5.41 Å². The predicted octanol–water partition coefficient (Wildman–Crippen LogP) is 6.41. The molecular formula is C33H37ClN4O2. The normalized spacial score (nSPS) is 21.2. The Kier molecular flexibility index (Phi) is 7.07. The van der Waals surface area contributed by atoms with Gasteiger partial charge in [0, 0.05) is 49.8 Å². The number of hydrogen-bond donors (Lipinski definition) is 1. The molecule has 208 valence electrons. The van der Waals surface area contributed by atoms with Crippen LogP contribution in [0.3, 0.4) is 0 Å². The van der Waals surface area contributed by atoms with Gasteiger partial charge in [-0.1, -0.05) is 43.6 Å². The Balaban J connectivity index is 1.12. The van der Waals surface area contributed by atoms with Gasteiger partial charge in [0.2, 0.25) is 0 Å². The first kappa shape index (κ1) is 26.8. The lowest BCUT2D eigenvalue weighted by atomic mass is 9.71. The first-order valence-electron chi connectivity index (χ1n) is 14.4. The van der Waals surface area contributed by atoms with Gasteiger partial charge in [0.05, 0.1) is 16.6 Å². The second kappa shape index (κ2) is 10.5.